The molecule has 17 N–H and O–H groups in total. The predicted molar refractivity (Wildman–Crippen MR) is 394 cm³/mol. The van der Waals surface area contributed by atoms with E-state index in [-0.39, 0.29) is 87.2 Å². The lowest BCUT2D eigenvalue weighted by molar-refractivity contribution is -0.148. The molecule has 0 bridgehead atoms. The number of likely N-dealkylation sites (tertiary alicyclic amines) is 1. The first-order valence-electron chi connectivity index (χ1n) is 36.8. The Kier molecular flexibility index (Phi) is 36.0. The molecule has 1 aliphatic heterocycles. The molecule has 0 unspecified atom stereocenters. The van der Waals surface area contributed by atoms with Gasteiger partial charge in [-0.1, -0.05) is 155 Å². The van der Waals surface area contributed by atoms with E-state index >= 15 is 4.79 Å². The fourth-order valence-electron chi connectivity index (χ4n) is 12.2. The van der Waals surface area contributed by atoms with E-state index in [1.54, 1.807) is 65.0 Å². The smallest absolute Gasteiger partial charge is 0.326 e. The van der Waals surface area contributed by atoms with E-state index in [1.807, 2.05) is 20.8 Å². The van der Waals surface area contributed by atoms with Gasteiger partial charge in [0.2, 0.25) is 65.0 Å². The average molecular weight is 1480 g/mol. The summed E-state index contributed by atoms with van der Waals surface area (Å²) in [6.45, 7) is 18.0. The van der Waals surface area contributed by atoms with Crippen molar-refractivity contribution in [1.82, 2.24) is 58.1 Å². The molecule has 1 saturated heterocycles. The van der Waals surface area contributed by atoms with Crippen LogP contribution in [0.1, 0.15) is 183 Å². The van der Waals surface area contributed by atoms with E-state index in [0.717, 1.165) is 4.90 Å². The van der Waals surface area contributed by atoms with Crippen molar-refractivity contribution in [3.63, 3.8) is 0 Å². The summed E-state index contributed by atoms with van der Waals surface area (Å²) < 4.78 is 0. The van der Waals surface area contributed by atoms with Gasteiger partial charge in [0.05, 0.1) is 25.1 Å². The lowest BCUT2D eigenvalue weighted by Gasteiger charge is -2.34. The van der Waals surface area contributed by atoms with Crippen LogP contribution in [0.15, 0.2) is 78.9 Å². The summed E-state index contributed by atoms with van der Waals surface area (Å²) in [5.41, 5.74) is 3.87. The van der Waals surface area contributed by atoms with Crippen LogP contribution in [0.3, 0.4) is 0 Å². The molecule has 4 rings (SSSR count). The second-order valence-corrected chi connectivity index (χ2v) is 29.1. The van der Waals surface area contributed by atoms with Crippen LogP contribution in [0, 0.1) is 17.8 Å². The van der Waals surface area contributed by atoms with Gasteiger partial charge in [0.1, 0.15) is 70.9 Å². The number of hydrogen-bond donors (Lipinski definition) is 16. The minimum atomic E-state index is -1.91. The molecule has 3 aromatic carbocycles. The van der Waals surface area contributed by atoms with Gasteiger partial charge >= 0.3 is 11.9 Å². The zero-order valence-electron chi connectivity index (χ0n) is 63.0. The minimum absolute atomic E-state index is 0.0111. The van der Waals surface area contributed by atoms with Gasteiger partial charge in [-0.3, -0.25) is 57.5 Å². The van der Waals surface area contributed by atoms with Crippen LogP contribution in [0.2, 0.25) is 0 Å². The van der Waals surface area contributed by atoms with Crippen LogP contribution in [-0.4, -0.2) is 192 Å². The van der Waals surface area contributed by atoms with Crippen molar-refractivity contribution in [2.75, 3.05) is 13.1 Å². The number of carboxylic acids is 2. The number of carbonyl (C=O) groups is 13. The molecule has 1 aliphatic rings. The molecule has 11 amide bonds. The Labute approximate surface area is 620 Å². The Morgan fingerprint density at radius 3 is 1.38 bits per heavy atom. The highest BCUT2D eigenvalue weighted by atomic mass is 16.4. The summed E-state index contributed by atoms with van der Waals surface area (Å²) >= 11 is 0. The highest BCUT2D eigenvalue weighted by Crippen LogP contribution is 2.23. The fraction of sp³-hybridized carbons (Fsp3) is 0.592. The van der Waals surface area contributed by atoms with Gasteiger partial charge in [0, 0.05) is 25.8 Å². The van der Waals surface area contributed by atoms with Crippen molar-refractivity contribution in [1.29, 1.82) is 0 Å². The largest absolute Gasteiger partial charge is 0.508 e. The van der Waals surface area contributed by atoms with Gasteiger partial charge in [0.15, 0.2) is 0 Å². The van der Waals surface area contributed by atoms with Crippen molar-refractivity contribution in [3.05, 3.63) is 95.6 Å². The number of aromatic hydroxyl groups is 2. The number of amides is 11. The van der Waals surface area contributed by atoms with Crippen molar-refractivity contribution in [2.24, 2.45) is 23.5 Å². The highest BCUT2D eigenvalue weighted by molar-refractivity contribution is 6.01. The monoisotopic (exact) mass is 1480 g/mol. The molecule has 0 aliphatic carbocycles. The SMILES string of the molecule is CCCCC[C@](C)(NC(=O)[C@H](CC(C)C)NC(=O)[C@H](CC(C)C)NC(=O)[C@H](CC(=O)O)NC(=O)[C@](C)(CCCCC)NC(=O)[C@H](Cc1ccccc1)NC(=O)[C@@H](NC(=O)[C@@H](N)[C@@H](C)CC)[C@@H](C)O)C(=O)N[C@@H](Cc1ccc(O)cc1)C(=O)N[C@@H](Cc1ccc(O)cc1)C(=O)NCC(=O)N1CCC[C@H]1C(=O)O. The second-order valence-electron chi connectivity index (χ2n) is 29.1. The number of phenolic OH excluding ortho intramolecular Hbond substituents is 2. The van der Waals surface area contributed by atoms with Crippen molar-refractivity contribution in [2.45, 2.75) is 257 Å². The van der Waals surface area contributed by atoms with Crippen LogP contribution in [0.25, 0.3) is 0 Å². The lowest BCUT2D eigenvalue weighted by Crippen LogP contribution is -2.65. The maximum absolute atomic E-state index is 15.1. The first-order chi connectivity index (χ1) is 49.9. The van der Waals surface area contributed by atoms with Crippen molar-refractivity contribution in [3.8, 4) is 11.5 Å². The lowest BCUT2D eigenvalue weighted by atomic mass is 9.91. The molecule has 1 heterocycles. The van der Waals surface area contributed by atoms with Gasteiger partial charge in [-0.05, 0) is 118 Å². The van der Waals surface area contributed by atoms with Crippen LogP contribution in [-0.2, 0) is 81.6 Å². The molecule has 0 saturated carbocycles. The van der Waals surface area contributed by atoms with Crippen molar-refractivity contribution < 1.29 is 87.9 Å². The van der Waals surface area contributed by atoms with E-state index in [9.17, 15) is 83.1 Å². The molecular formula is C76H114N12O18. The number of rotatable bonds is 45. The minimum Gasteiger partial charge on any atom is -0.508 e. The van der Waals surface area contributed by atoms with Crippen LogP contribution in [0.5, 0.6) is 11.5 Å². The second kappa shape index (κ2) is 43.0. The molecule has 586 valence electrons. The summed E-state index contributed by atoms with van der Waals surface area (Å²) in [4.78, 5) is 184. The van der Waals surface area contributed by atoms with E-state index in [2.05, 4.69) is 53.2 Å². The topological polar surface area (TPSA) is 473 Å². The third-order valence-corrected chi connectivity index (χ3v) is 18.9. The fourth-order valence-corrected chi connectivity index (χ4v) is 12.2. The molecule has 13 atom stereocenters. The zero-order chi connectivity index (χ0) is 79.2. The molecule has 0 aromatic heterocycles. The Morgan fingerprint density at radius 2 is 0.925 bits per heavy atom. The third kappa shape index (κ3) is 28.6. The van der Waals surface area contributed by atoms with Gasteiger partial charge in [-0.15, -0.1) is 0 Å². The summed E-state index contributed by atoms with van der Waals surface area (Å²) in [5, 5.41) is 77.6. The number of carbonyl (C=O) groups excluding carboxylic acids is 11. The number of phenols is 2. The number of hydrogen-bond acceptors (Lipinski definition) is 17. The van der Waals surface area contributed by atoms with Crippen molar-refractivity contribution >= 4 is 76.9 Å². The predicted octanol–water partition coefficient (Wildman–Crippen LogP) is 2.94. The van der Waals surface area contributed by atoms with E-state index < -0.39 is 161 Å². The molecule has 1 fully saturated rings. The normalized spacial score (nSPS) is 16.7. The number of unbranched alkanes of at least 4 members (excludes halogenated alkanes) is 4. The summed E-state index contributed by atoms with van der Waals surface area (Å²) in [6.07, 6.45) is 1.11. The third-order valence-electron chi connectivity index (χ3n) is 18.9. The number of aliphatic hydroxyl groups excluding tert-OH is 1. The molecule has 3 aromatic rings. The van der Waals surface area contributed by atoms with Crippen LogP contribution < -0.4 is 58.9 Å². The maximum atomic E-state index is 15.1. The number of nitrogens with two attached hydrogens (primary N) is 1. The Morgan fingerprint density at radius 1 is 0.509 bits per heavy atom. The van der Waals surface area contributed by atoms with E-state index in [1.165, 1.54) is 69.3 Å². The maximum Gasteiger partial charge on any atom is 0.326 e. The van der Waals surface area contributed by atoms with Crippen LogP contribution in [0.4, 0.5) is 0 Å². The molecule has 30 nitrogen and oxygen atoms in total. The number of benzene rings is 3. The summed E-state index contributed by atoms with van der Waals surface area (Å²) in [5.74, 6) is -13.6. The number of nitrogens with zero attached hydrogens (tertiary/aromatic N) is 1. The molecule has 0 radical (unpaired) electrons. The molecular weight excluding hydrogens is 1370 g/mol. The average Bonchev–Trinajstić information content (AvgIpc) is 0.969. The number of aliphatic carboxylic acids is 2. The zero-order valence-corrected chi connectivity index (χ0v) is 63.0. The quantitative estimate of drug-likeness (QED) is 0.0362. The molecule has 106 heavy (non-hydrogen) atoms. The van der Waals surface area contributed by atoms with E-state index in [4.69, 9.17) is 5.73 Å². The van der Waals surface area contributed by atoms with Gasteiger partial charge in [-0.25, -0.2) is 4.79 Å². The van der Waals surface area contributed by atoms with Gasteiger partial charge < -0.3 is 89.3 Å². The number of carboxylic acid groups (broad SMARTS) is 2. The van der Waals surface area contributed by atoms with Crippen LogP contribution >= 0.6 is 0 Å². The Bertz CT molecular complexity index is 3450. The summed E-state index contributed by atoms with van der Waals surface area (Å²) in [7, 11) is 0. The molecule has 0 spiro atoms. The number of aliphatic hydroxyl groups is 1. The van der Waals surface area contributed by atoms with Gasteiger partial charge in [0.25, 0.3) is 0 Å². The number of nitrogens with one attached hydrogen (secondary N) is 10. The van der Waals surface area contributed by atoms with Gasteiger partial charge in [-0.2, -0.15) is 0 Å². The first-order valence-corrected chi connectivity index (χ1v) is 36.8. The first kappa shape index (κ1) is 88.7. The highest BCUT2D eigenvalue weighted by Gasteiger charge is 2.44. The summed E-state index contributed by atoms with van der Waals surface area (Å²) in [6, 6.07) is 7.10. The standard InChI is InChI=1S/C76H114N12O18/c1-12-15-20-34-75(10,73(105)83-56(41-50-28-32-52(91)33-29-50)66(97)81-55(40-49-26-30-51(90)31-27-49)64(95)78-43-60(92)88-36-22-25-59(88)72(103)104)86-68(99)54(38-45(6)7)80-65(96)53(37-44(4)5)79-67(98)58(42-61(93)94)84-74(106)76(11,35-21-16-13-2)87-69(100)57(39-48-23-18-17-19-24-48)82-71(102)63(47(9)89)85-70(101)62(77)46(8)14-3/h17-19,23-24,26-33,44-47,53-59,62-63,89-91H,12-16,20-22,25,34-43,77H2,1-11H3,(H,78,95)(H,79,98)(H,80,96)(H,81,97)(H,82,102)(H,83,105)(H,84,106)(H,85,101)(H,86,99)(H,87,100)(H,93,94)(H,103,104)/t46-,47+,53-,54-,55-,56-,57-,58-,59-,62-,63-,75-,76-/m0/s1. The van der Waals surface area contributed by atoms with E-state index in [0.29, 0.717) is 68.1 Å². The molecule has 30 heteroatoms. The Hall–Kier alpha value is -9.71. The Balaban J connectivity index is 1.66.